The summed E-state index contributed by atoms with van der Waals surface area (Å²) >= 11 is 0. The van der Waals surface area contributed by atoms with E-state index in [9.17, 15) is 4.79 Å². The van der Waals surface area contributed by atoms with Gasteiger partial charge in [-0.25, -0.2) is 0 Å². The predicted octanol–water partition coefficient (Wildman–Crippen LogP) is 0.973. The summed E-state index contributed by atoms with van der Waals surface area (Å²) in [6.07, 6.45) is 2.93. The Labute approximate surface area is 102 Å². The highest BCUT2D eigenvalue weighted by molar-refractivity contribution is 6.05. The molecule has 7 nitrogen and oxygen atoms in total. The molecule has 1 aliphatic heterocycles. The maximum absolute atomic E-state index is 11.8. The fourth-order valence-electron chi connectivity index (χ4n) is 1.64. The number of aromatic nitrogens is 2. The molecule has 2 aromatic rings. The summed E-state index contributed by atoms with van der Waals surface area (Å²) in [7, 11) is 0. The summed E-state index contributed by atoms with van der Waals surface area (Å²) < 4.78 is 10.4. The number of amides is 1. The van der Waals surface area contributed by atoms with Crippen LogP contribution in [0.5, 0.6) is 11.5 Å². The van der Waals surface area contributed by atoms with Gasteiger partial charge in [0.1, 0.15) is 0 Å². The van der Waals surface area contributed by atoms with Gasteiger partial charge in [0.2, 0.25) is 6.79 Å². The molecular weight excluding hydrogens is 236 g/mol. The number of nitrogens with two attached hydrogens (primary N) is 1. The van der Waals surface area contributed by atoms with Gasteiger partial charge in [-0.2, -0.15) is 5.10 Å². The van der Waals surface area contributed by atoms with E-state index >= 15 is 0 Å². The van der Waals surface area contributed by atoms with E-state index in [1.165, 1.54) is 12.4 Å². The topological polar surface area (TPSA) is 102 Å². The van der Waals surface area contributed by atoms with Gasteiger partial charge in [-0.3, -0.25) is 9.89 Å². The molecule has 2 heterocycles. The van der Waals surface area contributed by atoms with Crippen molar-refractivity contribution < 1.29 is 14.3 Å². The quantitative estimate of drug-likeness (QED) is 0.685. The average molecular weight is 246 g/mol. The van der Waals surface area contributed by atoms with E-state index in [-0.39, 0.29) is 12.7 Å². The second kappa shape index (κ2) is 3.95. The Morgan fingerprint density at radius 3 is 2.89 bits per heavy atom. The van der Waals surface area contributed by atoms with Crippen molar-refractivity contribution >= 4 is 17.3 Å². The first kappa shape index (κ1) is 10.5. The van der Waals surface area contributed by atoms with Crippen LogP contribution in [-0.4, -0.2) is 22.9 Å². The molecule has 0 radical (unpaired) electrons. The first-order valence-electron chi connectivity index (χ1n) is 5.23. The Hall–Kier alpha value is -2.70. The molecule has 0 unspecified atom stereocenters. The molecule has 1 aliphatic rings. The van der Waals surface area contributed by atoms with Crippen molar-refractivity contribution in [2.75, 3.05) is 17.8 Å². The van der Waals surface area contributed by atoms with E-state index < -0.39 is 0 Å². The lowest BCUT2D eigenvalue weighted by Crippen LogP contribution is -2.12. The maximum atomic E-state index is 11.8. The van der Waals surface area contributed by atoms with Gasteiger partial charge in [-0.1, -0.05) is 0 Å². The van der Waals surface area contributed by atoms with Gasteiger partial charge in [0.25, 0.3) is 5.91 Å². The number of hydrogen-bond acceptors (Lipinski definition) is 5. The molecule has 1 aromatic carbocycles. The first-order chi connectivity index (χ1) is 8.74. The van der Waals surface area contributed by atoms with Gasteiger partial charge >= 0.3 is 0 Å². The van der Waals surface area contributed by atoms with Gasteiger partial charge < -0.3 is 20.5 Å². The third kappa shape index (κ3) is 1.71. The number of anilines is 2. The smallest absolute Gasteiger partial charge is 0.258 e. The molecule has 18 heavy (non-hydrogen) atoms. The fourth-order valence-corrected chi connectivity index (χ4v) is 1.64. The summed E-state index contributed by atoms with van der Waals surface area (Å²) in [5.74, 6) is 0.842. The predicted molar refractivity (Wildman–Crippen MR) is 63.5 cm³/mol. The summed E-state index contributed by atoms with van der Waals surface area (Å²) in [6, 6.07) is 3.25. The molecule has 92 valence electrons. The van der Waals surface area contributed by atoms with Crippen LogP contribution in [0.15, 0.2) is 24.5 Å². The van der Waals surface area contributed by atoms with Crippen LogP contribution in [0.25, 0.3) is 0 Å². The minimum atomic E-state index is -0.297. The highest BCUT2D eigenvalue weighted by atomic mass is 16.7. The van der Waals surface area contributed by atoms with Crippen LogP contribution in [-0.2, 0) is 0 Å². The van der Waals surface area contributed by atoms with Gasteiger partial charge in [0, 0.05) is 18.3 Å². The number of rotatable bonds is 2. The third-order valence-corrected chi connectivity index (χ3v) is 2.55. The summed E-state index contributed by atoms with van der Waals surface area (Å²) in [5, 5.41) is 8.95. The zero-order chi connectivity index (χ0) is 12.5. The average Bonchev–Trinajstić information content (AvgIpc) is 2.98. The largest absolute Gasteiger partial charge is 0.454 e. The molecule has 0 saturated heterocycles. The molecule has 4 N–H and O–H groups in total. The Morgan fingerprint density at radius 1 is 1.39 bits per heavy atom. The van der Waals surface area contributed by atoms with Crippen LogP contribution in [0.2, 0.25) is 0 Å². The zero-order valence-corrected chi connectivity index (χ0v) is 9.27. The molecule has 3 rings (SSSR count). The number of ether oxygens (including phenoxy) is 2. The van der Waals surface area contributed by atoms with Crippen molar-refractivity contribution in [1.29, 1.82) is 0 Å². The number of fused-ring (bicyclic) bond motifs is 1. The highest BCUT2D eigenvalue weighted by Gasteiger charge is 2.17. The van der Waals surface area contributed by atoms with Crippen molar-refractivity contribution in [2.24, 2.45) is 0 Å². The Kier molecular flexibility index (Phi) is 2.30. The molecule has 0 atom stereocenters. The number of carbonyl (C=O) groups excluding carboxylic acids is 1. The number of aromatic amines is 1. The van der Waals surface area contributed by atoms with Crippen LogP contribution in [0, 0.1) is 0 Å². The van der Waals surface area contributed by atoms with Crippen molar-refractivity contribution in [3.8, 4) is 11.5 Å². The van der Waals surface area contributed by atoms with E-state index in [0.29, 0.717) is 28.4 Å². The van der Waals surface area contributed by atoms with Gasteiger partial charge in [0.05, 0.1) is 23.1 Å². The number of H-pyrrole nitrogens is 1. The maximum Gasteiger partial charge on any atom is 0.258 e. The van der Waals surface area contributed by atoms with Crippen molar-refractivity contribution in [1.82, 2.24) is 10.2 Å². The van der Waals surface area contributed by atoms with E-state index in [1.807, 2.05) is 0 Å². The van der Waals surface area contributed by atoms with Gasteiger partial charge in [0.15, 0.2) is 11.5 Å². The van der Waals surface area contributed by atoms with Crippen LogP contribution >= 0.6 is 0 Å². The van der Waals surface area contributed by atoms with Crippen molar-refractivity contribution in [3.63, 3.8) is 0 Å². The van der Waals surface area contributed by atoms with E-state index in [4.69, 9.17) is 15.2 Å². The zero-order valence-electron chi connectivity index (χ0n) is 9.27. The number of carbonyl (C=O) groups is 1. The van der Waals surface area contributed by atoms with Crippen molar-refractivity contribution in [3.05, 3.63) is 30.1 Å². The standard InChI is InChI=1S/C11H10N4O3/c12-7-1-9-10(18-5-17-9)2-8(7)15-11(16)6-3-13-14-4-6/h1-4H,5,12H2,(H,13,14)(H,15,16). The lowest BCUT2D eigenvalue weighted by molar-refractivity contribution is 0.102. The second-order valence-corrected chi connectivity index (χ2v) is 3.73. The fraction of sp³-hybridized carbons (Fsp3) is 0.0909. The van der Waals surface area contributed by atoms with Crippen molar-refractivity contribution in [2.45, 2.75) is 0 Å². The Bertz CT molecular complexity index is 595. The van der Waals surface area contributed by atoms with E-state index in [1.54, 1.807) is 12.1 Å². The molecular formula is C11H10N4O3. The molecule has 0 spiro atoms. The van der Waals surface area contributed by atoms with Crippen LogP contribution in [0.4, 0.5) is 11.4 Å². The molecule has 1 aromatic heterocycles. The Morgan fingerprint density at radius 2 is 2.17 bits per heavy atom. The first-order valence-corrected chi connectivity index (χ1v) is 5.23. The summed E-state index contributed by atoms with van der Waals surface area (Å²) in [4.78, 5) is 11.8. The summed E-state index contributed by atoms with van der Waals surface area (Å²) in [6.45, 7) is 0.161. The van der Waals surface area contributed by atoms with Crippen LogP contribution in [0.3, 0.4) is 0 Å². The lowest BCUT2D eigenvalue weighted by Gasteiger charge is -2.08. The minimum Gasteiger partial charge on any atom is -0.454 e. The third-order valence-electron chi connectivity index (χ3n) is 2.55. The number of nitrogens with one attached hydrogen (secondary N) is 2. The lowest BCUT2D eigenvalue weighted by atomic mass is 10.2. The minimum absolute atomic E-state index is 0.161. The molecule has 0 fully saturated rings. The number of nitrogen functional groups attached to an aromatic ring is 1. The Balaban J connectivity index is 1.87. The van der Waals surface area contributed by atoms with E-state index in [2.05, 4.69) is 15.5 Å². The normalized spacial score (nSPS) is 12.4. The van der Waals surface area contributed by atoms with Gasteiger partial charge in [-0.05, 0) is 0 Å². The second-order valence-electron chi connectivity index (χ2n) is 3.73. The molecule has 0 saturated carbocycles. The highest BCUT2D eigenvalue weighted by Crippen LogP contribution is 2.38. The number of hydrogen-bond donors (Lipinski definition) is 3. The van der Waals surface area contributed by atoms with Crippen LogP contribution in [0.1, 0.15) is 10.4 Å². The molecule has 1 amide bonds. The monoisotopic (exact) mass is 246 g/mol. The summed E-state index contributed by atoms with van der Waals surface area (Å²) in [5.41, 5.74) is 7.14. The molecule has 0 bridgehead atoms. The molecule has 7 heteroatoms. The molecule has 0 aliphatic carbocycles. The van der Waals surface area contributed by atoms with E-state index in [0.717, 1.165) is 0 Å². The van der Waals surface area contributed by atoms with Crippen LogP contribution < -0.4 is 20.5 Å². The van der Waals surface area contributed by atoms with Gasteiger partial charge in [-0.15, -0.1) is 0 Å². The number of benzene rings is 1. The SMILES string of the molecule is Nc1cc2c(cc1NC(=O)c1cn[nH]c1)OCO2. The number of nitrogens with zero attached hydrogens (tertiary/aromatic N) is 1.